The molecule has 0 fully saturated rings. The maximum absolute atomic E-state index is 13.0. The molecule has 12 heteroatoms. The first-order valence-corrected chi connectivity index (χ1v) is 5.17. The summed E-state index contributed by atoms with van der Waals surface area (Å²) in [7, 11) is 0. The van der Waals surface area contributed by atoms with Gasteiger partial charge in [-0.25, -0.2) is 9.59 Å². The van der Waals surface area contributed by atoms with E-state index >= 15 is 0 Å². The third kappa shape index (κ3) is 3.91. The molecule has 1 aromatic heterocycles. The van der Waals surface area contributed by atoms with Crippen LogP contribution in [-0.2, 0) is 25.4 Å². The number of amides is 2. The highest BCUT2D eigenvalue weighted by molar-refractivity contribution is 6.37. The Morgan fingerprint density at radius 1 is 0.909 bits per heavy atom. The van der Waals surface area contributed by atoms with Crippen molar-refractivity contribution in [2.24, 2.45) is 0 Å². The Morgan fingerprint density at radius 2 is 1.27 bits per heavy atom. The lowest BCUT2D eigenvalue weighted by Crippen LogP contribution is -2.27. The van der Waals surface area contributed by atoms with Crippen LogP contribution in [0.15, 0.2) is 12.4 Å². The van der Waals surface area contributed by atoms with Gasteiger partial charge in [0.25, 0.3) is 0 Å². The molecule has 1 rings (SSSR count). The lowest BCUT2D eigenvalue weighted by molar-refractivity contribution is -0.148. The lowest BCUT2D eigenvalue weighted by atomic mass is 10.1. The lowest BCUT2D eigenvalue weighted by Gasteiger charge is -2.16. The molecule has 1 aromatic rings. The number of nitrogens with one attached hydrogen (secondary N) is 2. The monoisotopic (exact) mass is 321 g/mol. The van der Waals surface area contributed by atoms with Gasteiger partial charge >= 0.3 is 29.9 Å². The van der Waals surface area contributed by atoms with Crippen LogP contribution in [0.1, 0.15) is 5.56 Å². The number of alkyl halides is 3. The van der Waals surface area contributed by atoms with Crippen LogP contribution in [0.4, 0.5) is 24.5 Å². The summed E-state index contributed by atoms with van der Waals surface area (Å²) < 4.78 is 39.0. The molecule has 0 spiro atoms. The van der Waals surface area contributed by atoms with E-state index in [1.165, 1.54) is 10.6 Å². The molecule has 4 N–H and O–H groups in total. The number of halogens is 3. The Bertz CT molecular complexity index is 612. The number of aliphatic carboxylic acids is 2. The Hall–Kier alpha value is -3.18. The second-order valence-electron chi connectivity index (χ2n) is 3.63. The zero-order valence-electron chi connectivity index (χ0n) is 10.3. The molecule has 0 atom stereocenters. The minimum atomic E-state index is -5.13. The first kappa shape index (κ1) is 16.9. The van der Waals surface area contributed by atoms with Crippen molar-refractivity contribution < 1.29 is 42.6 Å². The predicted molar refractivity (Wildman–Crippen MR) is 61.8 cm³/mol. The molecular weight excluding hydrogens is 315 g/mol. The van der Waals surface area contributed by atoms with Gasteiger partial charge < -0.3 is 20.8 Å². The fourth-order valence-electron chi connectivity index (χ4n) is 1.31. The SMILES string of the molecule is O=C(O)C(=O)Nc1cncc(NC(=O)C(=O)O)c1C(F)(F)F. The number of anilines is 2. The van der Waals surface area contributed by atoms with Crippen molar-refractivity contribution in [2.45, 2.75) is 6.18 Å². The Labute approximate surface area is 118 Å². The van der Waals surface area contributed by atoms with E-state index in [1.807, 2.05) is 0 Å². The number of hydrogen-bond acceptors (Lipinski definition) is 5. The zero-order chi connectivity index (χ0) is 17.1. The van der Waals surface area contributed by atoms with Gasteiger partial charge in [-0.05, 0) is 0 Å². The van der Waals surface area contributed by atoms with Gasteiger partial charge in [0.2, 0.25) is 0 Å². The molecule has 0 unspecified atom stereocenters. The van der Waals surface area contributed by atoms with Crippen molar-refractivity contribution in [3.05, 3.63) is 18.0 Å². The smallest absolute Gasteiger partial charge is 0.420 e. The topological polar surface area (TPSA) is 146 Å². The Morgan fingerprint density at radius 3 is 1.55 bits per heavy atom. The van der Waals surface area contributed by atoms with Gasteiger partial charge in [-0.15, -0.1) is 0 Å². The van der Waals surface area contributed by atoms with Gasteiger partial charge in [0.05, 0.1) is 23.8 Å². The molecule has 0 radical (unpaired) electrons. The van der Waals surface area contributed by atoms with Crippen LogP contribution in [0, 0.1) is 0 Å². The number of carboxylic acids is 2. The van der Waals surface area contributed by atoms with Crippen LogP contribution in [-0.4, -0.2) is 39.0 Å². The molecule has 0 aliphatic heterocycles. The molecule has 2 amide bonds. The van der Waals surface area contributed by atoms with Crippen molar-refractivity contribution in [2.75, 3.05) is 10.6 Å². The first-order valence-electron chi connectivity index (χ1n) is 5.17. The maximum Gasteiger partial charge on any atom is 0.420 e. The van der Waals surface area contributed by atoms with E-state index in [4.69, 9.17) is 10.2 Å². The van der Waals surface area contributed by atoms with E-state index in [9.17, 15) is 32.3 Å². The van der Waals surface area contributed by atoms with Crippen molar-refractivity contribution in [3.8, 4) is 0 Å². The number of rotatable bonds is 2. The minimum Gasteiger partial charge on any atom is -0.474 e. The molecule has 0 bridgehead atoms. The number of carbonyl (C=O) groups is 4. The summed E-state index contributed by atoms with van der Waals surface area (Å²) in [6.07, 6.45) is -4.13. The molecule has 118 valence electrons. The van der Waals surface area contributed by atoms with Crippen LogP contribution in [0.25, 0.3) is 0 Å². The fraction of sp³-hybridized carbons (Fsp3) is 0.100. The van der Waals surface area contributed by atoms with E-state index < -0.39 is 46.9 Å². The highest BCUT2D eigenvalue weighted by atomic mass is 19.4. The van der Waals surface area contributed by atoms with Gasteiger partial charge in [0.15, 0.2) is 0 Å². The summed E-state index contributed by atoms with van der Waals surface area (Å²) in [5.74, 6) is -7.63. The van der Waals surface area contributed by atoms with Gasteiger partial charge in [-0.3, -0.25) is 14.6 Å². The summed E-state index contributed by atoms with van der Waals surface area (Å²) in [4.78, 5) is 45.9. The molecule has 1 heterocycles. The molecule has 0 aromatic carbocycles. The standard InChI is InChI=1S/C10H6F3N3O6/c11-10(12,13)5-3(15-6(17)8(19)20)1-14-2-4(5)16-7(18)9(21)22/h1-2H,(H,15,17)(H,16,18)(H,19,20)(H,21,22). The van der Waals surface area contributed by atoms with Crippen LogP contribution in [0.3, 0.4) is 0 Å². The van der Waals surface area contributed by atoms with E-state index in [-0.39, 0.29) is 0 Å². The second-order valence-corrected chi connectivity index (χ2v) is 3.63. The van der Waals surface area contributed by atoms with Crippen LogP contribution in [0.5, 0.6) is 0 Å². The Balaban J connectivity index is 3.34. The molecule has 0 aliphatic rings. The highest BCUT2D eigenvalue weighted by Crippen LogP contribution is 2.39. The number of nitrogens with zero attached hydrogens (tertiary/aromatic N) is 1. The Kier molecular flexibility index (Phi) is 4.66. The fourth-order valence-corrected chi connectivity index (χ4v) is 1.31. The van der Waals surface area contributed by atoms with E-state index in [2.05, 4.69) is 4.98 Å². The second kappa shape index (κ2) is 6.07. The van der Waals surface area contributed by atoms with E-state index in [0.717, 1.165) is 0 Å². The predicted octanol–water partition coefficient (Wildman–Crippen LogP) is 0.147. The zero-order valence-corrected chi connectivity index (χ0v) is 10.3. The summed E-state index contributed by atoms with van der Waals surface area (Å²) in [5, 5.41) is 19.6. The van der Waals surface area contributed by atoms with Crippen LogP contribution in [0.2, 0.25) is 0 Å². The van der Waals surface area contributed by atoms with Gasteiger partial charge in [-0.1, -0.05) is 0 Å². The summed E-state index contributed by atoms with van der Waals surface area (Å²) >= 11 is 0. The molecule has 0 aliphatic carbocycles. The quantitative estimate of drug-likeness (QED) is 0.567. The summed E-state index contributed by atoms with van der Waals surface area (Å²) in [6.45, 7) is 0. The molecule has 22 heavy (non-hydrogen) atoms. The summed E-state index contributed by atoms with van der Waals surface area (Å²) in [6, 6.07) is 0. The number of carboxylic acid groups (broad SMARTS) is 2. The average Bonchev–Trinajstić information content (AvgIpc) is 2.36. The molecule has 0 saturated carbocycles. The number of pyridine rings is 1. The molecule has 9 nitrogen and oxygen atoms in total. The van der Waals surface area contributed by atoms with Crippen LogP contribution >= 0.6 is 0 Å². The number of hydrogen-bond donors (Lipinski definition) is 4. The highest BCUT2D eigenvalue weighted by Gasteiger charge is 2.38. The largest absolute Gasteiger partial charge is 0.474 e. The summed E-state index contributed by atoms with van der Waals surface area (Å²) in [5.41, 5.74) is -3.75. The number of carbonyl (C=O) groups excluding carboxylic acids is 2. The van der Waals surface area contributed by atoms with Crippen molar-refractivity contribution in [3.63, 3.8) is 0 Å². The number of aromatic nitrogens is 1. The van der Waals surface area contributed by atoms with Gasteiger partial charge in [0.1, 0.15) is 5.56 Å². The minimum absolute atomic E-state index is 0.500. The van der Waals surface area contributed by atoms with Crippen molar-refractivity contribution >= 4 is 35.1 Å². The normalized spacial score (nSPS) is 10.7. The van der Waals surface area contributed by atoms with E-state index in [0.29, 0.717) is 12.4 Å². The van der Waals surface area contributed by atoms with Crippen molar-refractivity contribution in [1.29, 1.82) is 0 Å². The van der Waals surface area contributed by atoms with Gasteiger partial charge in [-0.2, -0.15) is 13.2 Å². The molecular formula is C10H6F3N3O6. The van der Waals surface area contributed by atoms with E-state index in [1.54, 1.807) is 0 Å². The molecule has 0 saturated heterocycles. The third-order valence-electron chi connectivity index (χ3n) is 2.11. The van der Waals surface area contributed by atoms with Crippen molar-refractivity contribution in [1.82, 2.24) is 4.98 Å². The maximum atomic E-state index is 13.0. The first-order chi connectivity index (χ1) is 10.0. The third-order valence-corrected chi connectivity index (χ3v) is 2.11. The average molecular weight is 321 g/mol. The van der Waals surface area contributed by atoms with Gasteiger partial charge in [0, 0.05) is 0 Å². The van der Waals surface area contributed by atoms with Crippen LogP contribution < -0.4 is 10.6 Å².